The smallest absolute Gasteiger partial charge is 0.416 e. The molecule has 0 radical (unpaired) electrons. The van der Waals surface area contributed by atoms with Crippen LogP contribution in [0, 0.1) is 0 Å². The van der Waals surface area contributed by atoms with E-state index >= 15 is 0 Å². The number of amides is 2. The van der Waals surface area contributed by atoms with E-state index in [1.165, 1.54) is 24.3 Å². The molecule has 0 aromatic heterocycles. The van der Waals surface area contributed by atoms with Crippen molar-refractivity contribution in [1.82, 2.24) is 5.32 Å². The lowest BCUT2D eigenvalue weighted by molar-refractivity contribution is -0.137. The number of primary amides is 1. The molecule has 132 valence electrons. The average Bonchev–Trinajstić information content (AvgIpc) is 2.57. The van der Waals surface area contributed by atoms with Crippen LogP contribution in [0.1, 0.15) is 21.5 Å². The quantitative estimate of drug-likeness (QED) is 0.838. The maximum Gasteiger partial charge on any atom is 0.416 e. The van der Waals surface area contributed by atoms with Crippen molar-refractivity contribution in [2.75, 3.05) is 6.61 Å². The number of alkyl halides is 3. The summed E-state index contributed by atoms with van der Waals surface area (Å²) in [6.07, 6.45) is -4.45. The molecule has 0 aliphatic rings. The first kappa shape index (κ1) is 18.3. The summed E-state index contributed by atoms with van der Waals surface area (Å²) in [6, 6.07) is 10.8. The Kier molecular flexibility index (Phi) is 5.63. The third-order valence-electron chi connectivity index (χ3n) is 3.21. The monoisotopic (exact) mass is 352 g/mol. The summed E-state index contributed by atoms with van der Waals surface area (Å²) in [4.78, 5) is 23.0. The van der Waals surface area contributed by atoms with Crippen LogP contribution in [-0.2, 0) is 17.5 Å². The van der Waals surface area contributed by atoms with Gasteiger partial charge in [-0.1, -0.05) is 24.3 Å². The molecule has 25 heavy (non-hydrogen) atoms. The van der Waals surface area contributed by atoms with Crippen LogP contribution in [0.25, 0.3) is 0 Å². The minimum absolute atomic E-state index is 0.0904. The van der Waals surface area contributed by atoms with Crippen LogP contribution in [0.5, 0.6) is 5.75 Å². The summed E-state index contributed by atoms with van der Waals surface area (Å²) in [5.74, 6) is -1.08. The van der Waals surface area contributed by atoms with E-state index in [0.717, 1.165) is 12.1 Å². The van der Waals surface area contributed by atoms with Gasteiger partial charge in [0.25, 0.3) is 11.8 Å². The van der Waals surface area contributed by atoms with E-state index in [9.17, 15) is 22.8 Å². The number of benzene rings is 2. The number of halogens is 3. The maximum atomic E-state index is 12.7. The molecule has 2 amide bonds. The van der Waals surface area contributed by atoms with Crippen molar-refractivity contribution in [3.8, 4) is 5.75 Å². The largest absolute Gasteiger partial charge is 0.483 e. The Morgan fingerprint density at radius 1 is 1.08 bits per heavy atom. The van der Waals surface area contributed by atoms with Crippen LogP contribution in [0.4, 0.5) is 13.2 Å². The molecule has 2 aromatic rings. The molecule has 0 aliphatic heterocycles. The van der Waals surface area contributed by atoms with Crippen LogP contribution in [0.3, 0.4) is 0 Å². The van der Waals surface area contributed by atoms with Crippen LogP contribution in [0.2, 0.25) is 0 Å². The van der Waals surface area contributed by atoms with Gasteiger partial charge in [-0.2, -0.15) is 13.2 Å². The van der Waals surface area contributed by atoms with E-state index in [1.807, 2.05) is 0 Å². The van der Waals surface area contributed by atoms with Crippen molar-refractivity contribution in [2.24, 2.45) is 5.73 Å². The minimum atomic E-state index is -4.45. The lowest BCUT2D eigenvalue weighted by Gasteiger charge is -2.12. The molecule has 8 heteroatoms. The molecule has 3 N–H and O–H groups in total. The van der Waals surface area contributed by atoms with E-state index in [0.29, 0.717) is 5.56 Å². The van der Waals surface area contributed by atoms with Crippen molar-refractivity contribution in [2.45, 2.75) is 12.7 Å². The van der Waals surface area contributed by atoms with Crippen LogP contribution < -0.4 is 15.8 Å². The number of carbonyl (C=O) groups excluding carboxylic acids is 2. The standard InChI is InChI=1S/C17H15F3N2O3/c18-17(19,20)12-5-3-4-11(8-12)9-22-16(24)13-6-1-2-7-14(13)25-10-15(21)23/h1-8H,9-10H2,(H2,21,23)(H,22,24). The second kappa shape index (κ2) is 7.69. The van der Waals surface area contributed by atoms with E-state index in [-0.39, 0.29) is 17.9 Å². The Balaban J connectivity index is 2.07. The van der Waals surface area contributed by atoms with Gasteiger partial charge in [-0.25, -0.2) is 0 Å². The molecule has 0 bridgehead atoms. The highest BCUT2D eigenvalue weighted by molar-refractivity contribution is 5.97. The van der Waals surface area contributed by atoms with E-state index < -0.39 is 30.2 Å². The number of hydrogen-bond acceptors (Lipinski definition) is 3. The Labute approximate surface area is 141 Å². The number of hydrogen-bond donors (Lipinski definition) is 2. The molecule has 5 nitrogen and oxygen atoms in total. The third kappa shape index (κ3) is 5.23. The second-order valence-corrected chi connectivity index (χ2v) is 5.13. The third-order valence-corrected chi connectivity index (χ3v) is 3.21. The maximum absolute atomic E-state index is 12.7. The van der Waals surface area contributed by atoms with Crippen LogP contribution in [0.15, 0.2) is 48.5 Å². The SMILES string of the molecule is NC(=O)COc1ccccc1C(=O)NCc1cccc(C(F)(F)F)c1. The van der Waals surface area contributed by atoms with E-state index in [1.54, 1.807) is 12.1 Å². The van der Waals surface area contributed by atoms with Gasteiger partial charge in [0, 0.05) is 6.54 Å². The predicted molar refractivity (Wildman–Crippen MR) is 83.7 cm³/mol. The number of nitrogens with two attached hydrogens (primary N) is 1. The summed E-state index contributed by atoms with van der Waals surface area (Å²) in [5.41, 5.74) is 4.66. The predicted octanol–water partition coefficient (Wildman–Crippen LogP) is 2.50. The molecule has 0 saturated heterocycles. The van der Waals surface area contributed by atoms with Gasteiger partial charge in [-0.3, -0.25) is 9.59 Å². The highest BCUT2D eigenvalue weighted by Crippen LogP contribution is 2.29. The summed E-state index contributed by atoms with van der Waals surface area (Å²) >= 11 is 0. The highest BCUT2D eigenvalue weighted by atomic mass is 19.4. The van der Waals surface area contributed by atoms with Gasteiger partial charge in [0.1, 0.15) is 5.75 Å². The lowest BCUT2D eigenvalue weighted by atomic mass is 10.1. The number of carbonyl (C=O) groups is 2. The Morgan fingerprint density at radius 3 is 2.48 bits per heavy atom. The van der Waals surface area contributed by atoms with Crippen LogP contribution in [-0.4, -0.2) is 18.4 Å². The fourth-order valence-corrected chi connectivity index (χ4v) is 2.06. The summed E-state index contributed by atoms with van der Waals surface area (Å²) in [5, 5.41) is 2.52. The number of ether oxygens (including phenoxy) is 1. The zero-order valence-electron chi connectivity index (χ0n) is 13.0. The van der Waals surface area contributed by atoms with E-state index in [2.05, 4.69) is 5.32 Å². The van der Waals surface area contributed by atoms with Gasteiger partial charge in [-0.05, 0) is 29.8 Å². The van der Waals surface area contributed by atoms with Crippen molar-refractivity contribution in [3.63, 3.8) is 0 Å². The molecule has 0 unspecified atom stereocenters. The van der Waals surface area contributed by atoms with Gasteiger partial charge in [0.15, 0.2) is 6.61 Å². The first-order valence-corrected chi connectivity index (χ1v) is 7.22. The molecule has 2 rings (SSSR count). The van der Waals surface area contributed by atoms with Gasteiger partial charge in [0.2, 0.25) is 0 Å². The molecular formula is C17H15F3N2O3. The summed E-state index contributed by atoms with van der Waals surface area (Å²) < 4.78 is 43.2. The topological polar surface area (TPSA) is 81.4 Å². The van der Waals surface area contributed by atoms with Crippen molar-refractivity contribution >= 4 is 11.8 Å². The average molecular weight is 352 g/mol. The molecule has 2 aromatic carbocycles. The van der Waals surface area contributed by atoms with Crippen molar-refractivity contribution in [1.29, 1.82) is 0 Å². The first-order chi connectivity index (χ1) is 11.8. The molecule has 0 spiro atoms. The molecule has 0 heterocycles. The first-order valence-electron chi connectivity index (χ1n) is 7.22. The zero-order valence-corrected chi connectivity index (χ0v) is 13.0. The Hall–Kier alpha value is -3.03. The number of nitrogens with one attached hydrogen (secondary N) is 1. The van der Waals surface area contributed by atoms with Crippen molar-refractivity contribution in [3.05, 3.63) is 65.2 Å². The Bertz CT molecular complexity index is 776. The molecule has 0 fully saturated rings. The molecule has 0 atom stereocenters. The van der Waals surface area contributed by atoms with Crippen molar-refractivity contribution < 1.29 is 27.5 Å². The summed E-state index contributed by atoms with van der Waals surface area (Å²) in [7, 11) is 0. The number of para-hydroxylation sites is 1. The second-order valence-electron chi connectivity index (χ2n) is 5.13. The number of rotatable bonds is 6. The van der Waals surface area contributed by atoms with Crippen LogP contribution >= 0.6 is 0 Å². The van der Waals surface area contributed by atoms with E-state index in [4.69, 9.17) is 10.5 Å². The molecule has 0 saturated carbocycles. The lowest BCUT2D eigenvalue weighted by Crippen LogP contribution is -2.25. The fourth-order valence-electron chi connectivity index (χ4n) is 2.06. The van der Waals surface area contributed by atoms with Gasteiger partial charge in [0.05, 0.1) is 11.1 Å². The molecule has 0 aliphatic carbocycles. The van der Waals surface area contributed by atoms with Gasteiger partial charge < -0.3 is 15.8 Å². The fraction of sp³-hybridized carbons (Fsp3) is 0.176. The minimum Gasteiger partial charge on any atom is -0.483 e. The highest BCUT2D eigenvalue weighted by Gasteiger charge is 2.30. The molecular weight excluding hydrogens is 337 g/mol. The Morgan fingerprint density at radius 2 is 1.80 bits per heavy atom. The van der Waals surface area contributed by atoms with Gasteiger partial charge >= 0.3 is 6.18 Å². The zero-order chi connectivity index (χ0) is 18.4. The van der Waals surface area contributed by atoms with Gasteiger partial charge in [-0.15, -0.1) is 0 Å². The summed E-state index contributed by atoms with van der Waals surface area (Å²) in [6.45, 7) is -0.481. The normalized spacial score (nSPS) is 11.0.